The fraction of sp³-hybridized carbons (Fsp3) is 0. The number of nitrogens with one attached hydrogen (secondary N) is 2. The van der Waals surface area contributed by atoms with Gasteiger partial charge in [-0.2, -0.15) is 0 Å². The predicted octanol–water partition coefficient (Wildman–Crippen LogP) is 3.29. The highest BCUT2D eigenvalue weighted by Gasteiger charge is 2.08. The third kappa shape index (κ3) is 3.50. The van der Waals surface area contributed by atoms with E-state index < -0.39 is 0 Å². The largest absolute Gasteiger partial charge is 0.297 e. The average Bonchev–Trinajstić information content (AvgIpc) is 2.48. The van der Waals surface area contributed by atoms with Gasteiger partial charge in [-0.05, 0) is 30.3 Å². The Balaban J connectivity index is 1.98. The van der Waals surface area contributed by atoms with Crippen molar-refractivity contribution in [1.29, 1.82) is 0 Å². The Morgan fingerprint density at radius 1 is 1.10 bits per heavy atom. The number of carbonyl (C=O) groups is 1. The second kappa shape index (κ2) is 6.41. The summed E-state index contributed by atoms with van der Waals surface area (Å²) in [4.78, 5) is 16.0. The molecule has 20 heavy (non-hydrogen) atoms. The van der Waals surface area contributed by atoms with Crippen LogP contribution in [-0.2, 0) is 0 Å². The van der Waals surface area contributed by atoms with E-state index in [1.54, 1.807) is 30.5 Å². The fourth-order valence-corrected chi connectivity index (χ4v) is 1.75. The number of amides is 1. The van der Waals surface area contributed by atoms with Crippen LogP contribution < -0.4 is 10.9 Å². The molecule has 2 N–H and O–H groups in total. The molecule has 0 aliphatic rings. The number of hydrazine groups is 1. The molecule has 0 radical (unpaired) electrons. The van der Waals surface area contributed by atoms with Gasteiger partial charge in [0.05, 0.1) is 21.4 Å². The average molecular weight is 308 g/mol. The molecular formula is C14H11Cl2N3O. The van der Waals surface area contributed by atoms with Crippen LogP contribution in [-0.4, -0.2) is 10.9 Å². The maximum absolute atomic E-state index is 11.9. The van der Waals surface area contributed by atoms with Crippen LogP contribution in [0.25, 0.3) is 5.70 Å². The highest BCUT2D eigenvalue weighted by Crippen LogP contribution is 2.22. The number of pyridine rings is 1. The van der Waals surface area contributed by atoms with Crippen LogP contribution in [0.3, 0.4) is 0 Å². The standard InChI is InChI=1S/C14H11Cl2N3O/c1-9(13-4-2-3-7-17-13)18-19-14(20)10-5-6-11(15)12(16)8-10/h2-8,18H,1H2,(H,19,20). The van der Waals surface area contributed by atoms with Crippen molar-refractivity contribution < 1.29 is 4.79 Å². The first-order valence-electron chi connectivity index (χ1n) is 5.69. The lowest BCUT2D eigenvalue weighted by Crippen LogP contribution is -2.36. The molecule has 102 valence electrons. The molecule has 0 fully saturated rings. The molecule has 0 saturated carbocycles. The third-order valence-electron chi connectivity index (χ3n) is 2.48. The Labute approximate surface area is 126 Å². The van der Waals surface area contributed by atoms with Crippen molar-refractivity contribution in [2.24, 2.45) is 0 Å². The van der Waals surface area contributed by atoms with Crippen LogP contribution in [0.5, 0.6) is 0 Å². The van der Waals surface area contributed by atoms with Crippen LogP contribution in [0.15, 0.2) is 49.2 Å². The quantitative estimate of drug-likeness (QED) is 0.852. The summed E-state index contributed by atoms with van der Waals surface area (Å²) in [5.74, 6) is -0.347. The van der Waals surface area contributed by atoms with Crippen LogP contribution >= 0.6 is 23.2 Å². The molecule has 0 aliphatic carbocycles. The molecule has 0 unspecified atom stereocenters. The summed E-state index contributed by atoms with van der Waals surface area (Å²) in [6.45, 7) is 3.79. The van der Waals surface area contributed by atoms with Gasteiger partial charge in [-0.3, -0.25) is 20.6 Å². The summed E-state index contributed by atoms with van der Waals surface area (Å²) in [5, 5.41) is 0.719. The molecule has 4 nitrogen and oxygen atoms in total. The van der Waals surface area contributed by atoms with Crippen molar-refractivity contribution in [1.82, 2.24) is 15.8 Å². The number of carbonyl (C=O) groups excluding carboxylic acids is 1. The van der Waals surface area contributed by atoms with E-state index in [1.165, 1.54) is 6.07 Å². The number of hydrogen-bond donors (Lipinski definition) is 2. The zero-order valence-corrected chi connectivity index (χ0v) is 11.9. The second-order valence-corrected chi connectivity index (χ2v) is 4.72. The number of halogens is 2. The van der Waals surface area contributed by atoms with Crippen molar-refractivity contribution in [2.75, 3.05) is 0 Å². The van der Waals surface area contributed by atoms with E-state index in [4.69, 9.17) is 23.2 Å². The second-order valence-electron chi connectivity index (χ2n) is 3.90. The van der Waals surface area contributed by atoms with Gasteiger partial charge in [-0.25, -0.2) is 0 Å². The summed E-state index contributed by atoms with van der Waals surface area (Å²) in [5.41, 5.74) is 6.73. The molecule has 2 rings (SSSR count). The lowest BCUT2D eigenvalue weighted by atomic mass is 10.2. The molecule has 0 atom stereocenters. The van der Waals surface area contributed by atoms with Gasteiger partial charge >= 0.3 is 0 Å². The van der Waals surface area contributed by atoms with Crippen molar-refractivity contribution in [3.8, 4) is 0 Å². The van der Waals surface area contributed by atoms with E-state index in [1.807, 2.05) is 6.07 Å². The third-order valence-corrected chi connectivity index (χ3v) is 3.22. The van der Waals surface area contributed by atoms with Gasteiger partial charge in [0.15, 0.2) is 0 Å². The maximum atomic E-state index is 11.9. The Bertz CT molecular complexity index is 644. The number of aromatic nitrogens is 1. The number of nitrogens with zero attached hydrogens (tertiary/aromatic N) is 1. The van der Waals surface area contributed by atoms with Crippen molar-refractivity contribution >= 4 is 34.8 Å². The predicted molar refractivity (Wildman–Crippen MR) is 80.3 cm³/mol. The molecule has 1 heterocycles. The zero-order valence-electron chi connectivity index (χ0n) is 10.4. The summed E-state index contributed by atoms with van der Waals surface area (Å²) >= 11 is 11.6. The van der Waals surface area contributed by atoms with Crippen LogP contribution in [0.1, 0.15) is 16.1 Å². The summed E-state index contributed by atoms with van der Waals surface area (Å²) in [6, 6.07) is 10.0. The first-order chi connectivity index (χ1) is 9.58. The fourth-order valence-electron chi connectivity index (χ4n) is 1.45. The molecule has 2 aromatic rings. The van der Waals surface area contributed by atoms with E-state index in [2.05, 4.69) is 22.4 Å². The van der Waals surface area contributed by atoms with Gasteiger partial charge in [-0.15, -0.1) is 0 Å². The first kappa shape index (κ1) is 14.4. The molecule has 6 heteroatoms. The number of benzene rings is 1. The van der Waals surface area contributed by atoms with Crippen LogP contribution in [0, 0.1) is 0 Å². The van der Waals surface area contributed by atoms with E-state index in [0.29, 0.717) is 27.0 Å². The topological polar surface area (TPSA) is 54.0 Å². The highest BCUT2D eigenvalue weighted by atomic mass is 35.5. The van der Waals surface area contributed by atoms with Crippen molar-refractivity contribution in [2.45, 2.75) is 0 Å². The van der Waals surface area contributed by atoms with Gasteiger partial charge in [0.1, 0.15) is 0 Å². The van der Waals surface area contributed by atoms with E-state index in [0.717, 1.165) is 0 Å². The normalized spacial score (nSPS) is 9.90. The molecule has 1 aromatic heterocycles. The monoisotopic (exact) mass is 307 g/mol. The van der Waals surface area contributed by atoms with E-state index >= 15 is 0 Å². The molecule has 0 spiro atoms. The highest BCUT2D eigenvalue weighted by molar-refractivity contribution is 6.42. The molecule has 0 bridgehead atoms. The first-order valence-corrected chi connectivity index (χ1v) is 6.45. The zero-order chi connectivity index (χ0) is 14.5. The SMILES string of the molecule is C=C(NNC(=O)c1ccc(Cl)c(Cl)c1)c1ccccn1. The summed E-state index contributed by atoms with van der Waals surface area (Å²) in [7, 11) is 0. The molecule has 1 amide bonds. The van der Waals surface area contributed by atoms with E-state index in [9.17, 15) is 4.79 Å². The van der Waals surface area contributed by atoms with Gasteiger partial charge in [0.25, 0.3) is 5.91 Å². The minimum Gasteiger partial charge on any atom is -0.297 e. The Hall–Kier alpha value is -2.04. The van der Waals surface area contributed by atoms with Gasteiger partial charge < -0.3 is 0 Å². The van der Waals surface area contributed by atoms with Gasteiger partial charge in [0, 0.05) is 11.8 Å². The van der Waals surface area contributed by atoms with Gasteiger partial charge in [0.2, 0.25) is 0 Å². The molecular weight excluding hydrogens is 297 g/mol. The molecule has 0 aliphatic heterocycles. The Morgan fingerprint density at radius 3 is 2.55 bits per heavy atom. The Kier molecular flexibility index (Phi) is 4.61. The van der Waals surface area contributed by atoms with Crippen molar-refractivity contribution in [3.63, 3.8) is 0 Å². The summed E-state index contributed by atoms with van der Waals surface area (Å²) < 4.78 is 0. The minimum atomic E-state index is -0.347. The lowest BCUT2D eigenvalue weighted by Gasteiger charge is -2.10. The van der Waals surface area contributed by atoms with Crippen LogP contribution in [0.4, 0.5) is 0 Å². The number of hydrogen-bond acceptors (Lipinski definition) is 3. The number of rotatable bonds is 4. The summed E-state index contributed by atoms with van der Waals surface area (Å²) in [6.07, 6.45) is 1.64. The van der Waals surface area contributed by atoms with Gasteiger partial charge in [-0.1, -0.05) is 35.8 Å². The smallest absolute Gasteiger partial charge is 0.269 e. The minimum absolute atomic E-state index is 0.322. The maximum Gasteiger partial charge on any atom is 0.269 e. The Morgan fingerprint density at radius 2 is 1.90 bits per heavy atom. The lowest BCUT2D eigenvalue weighted by molar-refractivity contribution is 0.0942. The van der Waals surface area contributed by atoms with Crippen molar-refractivity contribution in [3.05, 3.63) is 70.5 Å². The van der Waals surface area contributed by atoms with Crippen LogP contribution in [0.2, 0.25) is 10.0 Å². The molecule has 0 saturated heterocycles. The van der Waals surface area contributed by atoms with E-state index in [-0.39, 0.29) is 5.91 Å². The molecule has 1 aromatic carbocycles.